The van der Waals surface area contributed by atoms with Crippen molar-refractivity contribution in [2.75, 3.05) is 10.6 Å². The van der Waals surface area contributed by atoms with Crippen molar-refractivity contribution >= 4 is 34.9 Å². The van der Waals surface area contributed by atoms with Crippen molar-refractivity contribution in [3.63, 3.8) is 0 Å². The number of nitrogens with one attached hydrogen (secondary N) is 2. The highest BCUT2D eigenvalue weighted by atomic mass is 19.4. The van der Waals surface area contributed by atoms with Crippen LogP contribution in [0.25, 0.3) is 22.3 Å². The van der Waals surface area contributed by atoms with Crippen molar-refractivity contribution in [1.82, 2.24) is 9.97 Å². The van der Waals surface area contributed by atoms with Gasteiger partial charge >= 0.3 is 18.3 Å². The van der Waals surface area contributed by atoms with Crippen LogP contribution in [0.15, 0.2) is 109 Å². The van der Waals surface area contributed by atoms with Gasteiger partial charge in [-0.25, -0.2) is 37.1 Å². The van der Waals surface area contributed by atoms with E-state index >= 15 is 0 Å². The molecule has 0 amide bonds. The molecule has 0 spiro atoms. The Hall–Kier alpha value is -7.17. The number of pyridine rings is 2. The van der Waals surface area contributed by atoms with E-state index in [9.17, 15) is 45.4 Å². The minimum absolute atomic E-state index is 0.0438. The summed E-state index contributed by atoms with van der Waals surface area (Å²) >= 11 is 0. The van der Waals surface area contributed by atoms with Gasteiger partial charge in [-0.2, -0.15) is 0 Å². The molecule has 1 saturated carbocycles. The minimum Gasteiger partial charge on any atom is -0.490 e. The van der Waals surface area contributed by atoms with Gasteiger partial charge in [0.1, 0.15) is 68.9 Å². The molecule has 298 valence electrons. The lowest BCUT2D eigenvalue weighted by Gasteiger charge is -2.26. The molecular formula is C41H29F7N4O6. The average Bonchev–Trinajstić information content (AvgIpc) is 3.16. The molecule has 0 aliphatic heterocycles. The number of halogens is 7. The number of ether oxygens (including phenoxy) is 2. The first-order valence-corrected chi connectivity index (χ1v) is 17.2. The number of hydrogen-bond donors (Lipinski definition) is 4. The summed E-state index contributed by atoms with van der Waals surface area (Å²) in [6.07, 6.45) is 1.05. The molecule has 0 radical (unpaired) electrons. The number of anilines is 4. The molecule has 2 heterocycles. The fourth-order valence-corrected chi connectivity index (χ4v) is 5.61. The van der Waals surface area contributed by atoms with E-state index in [2.05, 4.69) is 25.3 Å². The number of rotatable bonds is 11. The van der Waals surface area contributed by atoms with Crippen LogP contribution in [0.3, 0.4) is 0 Å². The summed E-state index contributed by atoms with van der Waals surface area (Å²) < 4.78 is 105. The first-order valence-electron chi connectivity index (χ1n) is 17.2. The third kappa shape index (κ3) is 9.97. The third-order valence-corrected chi connectivity index (χ3v) is 8.57. The Bertz CT molecular complexity index is 2430. The summed E-state index contributed by atoms with van der Waals surface area (Å²) in [5.41, 5.74) is -0.588. The molecule has 4 aromatic carbocycles. The molecule has 0 bridgehead atoms. The molecule has 4 N–H and O–H groups in total. The molecule has 58 heavy (non-hydrogen) atoms. The summed E-state index contributed by atoms with van der Waals surface area (Å²) in [5.74, 6) is -6.78. The number of nitrogens with zero attached hydrogens (tertiary/aromatic N) is 2. The molecule has 0 atom stereocenters. The van der Waals surface area contributed by atoms with Gasteiger partial charge in [-0.3, -0.25) is 0 Å². The summed E-state index contributed by atoms with van der Waals surface area (Å²) in [6.45, 7) is 0. The molecule has 7 rings (SSSR count). The van der Waals surface area contributed by atoms with Crippen molar-refractivity contribution in [2.24, 2.45) is 0 Å². The number of aromatic carboxylic acids is 2. The van der Waals surface area contributed by atoms with E-state index in [4.69, 9.17) is 9.84 Å². The Labute approximate surface area is 324 Å². The largest absolute Gasteiger partial charge is 0.573 e. The third-order valence-electron chi connectivity index (χ3n) is 8.57. The number of carbonyl (C=O) groups is 2. The van der Waals surface area contributed by atoms with Gasteiger partial charge in [0.15, 0.2) is 0 Å². The SMILES string of the molecule is O=C(O)c1cccnc1Nc1c(F)cc(-c2cccc(OC(F)(F)F)c2)cc1F.O=C(O)c1cccnc1Nc1c(F)cc(-c2cccc(OC3CCC3)c2)cc1F. The van der Waals surface area contributed by atoms with Crippen LogP contribution in [0.4, 0.5) is 53.7 Å². The molecule has 10 nitrogen and oxygen atoms in total. The standard InChI is InChI=1S/C22H18F2N2O3.C19H11F5N2O3/c23-18-11-14(13-4-1-7-16(10-13)29-15-5-2-6-15)12-19(24)20(18)26-21-17(22(27)28)8-3-9-25-21;20-14-8-11(10-3-1-4-12(7-10)29-19(22,23)24)9-15(21)16(14)26-17-13(18(27)28)5-2-6-25-17/h1,3-4,7-12,15H,2,5-6H2,(H,25,26)(H,27,28);1-9H,(H,25,26)(H,27,28). The Morgan fingerprint density at radius 2 is 1.03 bits per heavy atom. The zero-order chi connectivity index (χ0) is 41.6. The zero-order valence-corrected chi connectivity index (χ0v) is 29.7. The zero-order valence-electron chi connectivity index (χ0n) is 29.7. The number of aromatic nitrogens is 2. The van der Waals surface area contributed by atoms with Gasteiger partial charge in [0.05, 0.1) is 6.10 Å². The van der Waals surface area contributed by atoms with E-state index in [-0.39, 0.29) is 40.0 Å². The molecule has 17 heteroatoms. The summed E-state index contributed by atoms with van der Waals surface area (Å²) in [6, 6.07) is 21.2. The molecule has 0 unspecified atom stereocenters. The number of carboxylic acid groups (broad SMARTS) is 2. The fraction of sp³-hybridized carbons (Fsp3) is 0.122. The van der Waals surface area contributed by atoms with Crippen molar-refractivity contribution in [1.29, 1.82) is 0 Å². The van der Waals surface area contributed by atoms with Crippen molar-refractivity contribution in [2.45, 2.75) is 31.7 Å². The van der Waals surface area contributed by atoms with Crippen LogP contribution in [0, 0.1) is 23.3 Å². The topological polar surface area (TPSA) is 143 Å². The van der Waals surface area contributed by atoms with E-state index < -0.39 is 58.7 Å². The lowest BCUT2D eigenvalue weighted by Crippen LogP contribution is -2.24. The Morgan fingerprint density at radius 1 is 0.603 bits per heavy atom. The first kappa shape index (κ1) is 40.5. The maximum Gasteiger partial charge on any atom is 0.573 e. The van der Waals surface area contributed by atoms with Gasteiger partial charge in [0.25, 0.3) is 0 Å². The summed E-state index contributed by atoms with van der Waals surface area (Å²) in [5, 5.41) is 23.1. The Kier molecular flexibility index (Phi) is 12.1. The highest BCUT2D eigenvalue weighted by Gasteiger charge is 2.31. The molecule has 0 saturated heterocycles. The monoisotopic (exact) mass is 806 g/mol. The van der Waals surface area contributed by atoms with Crippen LogP contribution in [0.1, 0.15) is 40.0 Å². The van der Waals surface area contributed by atoms with Gasteiger partial charge in [-0.05, 0) is 114 Å². The minimum atomic E-state index is -4.91. The van der Waals surface area contributed by atoms with Gasteiger partial charge in [-0.15, -0.1) is 13.2 Å². The average molecular weight is 807 g/mol. The highest BCUT2D eigenvalue weighted by molar-refractivity contribution is 5.94. The van der Waals surface area contributed by atoms with Crippen LogP contribution < -0.4 is 20.1 Å². The Balaban J connectivity index is 0.000000196. The molecular weight excluding hydrogens is 777 g/mol. The maximum absolute atomic E-state index is 14.7. The van der Waals surface area contributed by atoms with Gasteiger partial charge in [0.2, 0.25) is 0 Å². The second kappa shape index (κ2) is 17.3. The number of benzene rings is 4. The smallest absolute Gasteiger partial charge is 0.490 e. The maximum atomic E-state index is 14.7. The number of hydrogen-bond acceptors (Lipinski definition) is 8. The van der Waals surface area contributed by atoms with Gasteiger partial charge in [0, 0.05) is 12.4 Å². The molecule has 1 aliphatic carbocycles. The van der Waals surface area contributed by atoms with Crippen LogP contribution in [-0.4, -0.2) is 44.6 Å². The lowest BCUT2D eigenvalue weighted by atomic mass is 9.96. The van der Waals surface area contributed by atoms with E-state index in [0.29, 0.717) is 16.9 Å². The van der Waals surface area contributed by atoms with Crippen LogP contribution in [0.2, 0.25) is 0 Å². The number of carboxylic acids is 2. The van der Waals surface area contributed by atoms with Crippen LogP contribution >= 0.6 is 0 Å². The van der Waals surface area contributed by atoms with Gasteiger partial charge < -0.3 is 30.3 Å². The second-order valence-corrected chi connectivity index (χ2v) is 12.6. The van der Waals surface area contributed by atoms with Crippen LogP contribution in [-0.2, 0) is 0 Å². The molecule has 1 aliphatic rings. The lowest BCUT2D eigenvalue weighted by molar-refractivity contribution is -0.274. The quantitative estimate of drug-likeness (QED) is 0.0934. The van der Waals surface area contributed by atoms with E-state index in [1.807, 2.05) is 6.07 Å². The summed E-state index contributed by atoms with van der Waals surface area (Å²) in [7, 11) is 0. The molecule has 2 aromatic heterocycles. The second-order valence-electron chi connectivity index (χ2n) is 12.6. The van der Waals surface area contributed by atoms with Crippen molar-refractivity contribution in [3.8, 4) is 33.8 Å². The first-order chi connectivity index (χ1) is 27.6. The highest BCUT2D eigenvalue weighted by Crippen LogP contribution is 2.35. The molecule has 1 fully saturated rings. The van der Waals surface area contributed by atoms with Crippen LogP contribution in [0.5, 0.6) is 11.5 Å². The van der Waals surface area contributed by atoms with E-state index in [1.165, 1.54) is 60.9 Å². The predicted octanol–water partition coefficient (Wildman–Crippen LogP) is 10.8. The molecule has 6 aromatic rings. The summed E-state index contributed by atoms with van der Waals surface area (Å²) in [4.78, 5) is 30.1. The van der Waals surface area contributed by atoms with Crippen molar-refractivity contribution < 1.29 is 60.0 Å². The predicted molar refractivity (Wildman–Crippen MR) is 197 cm³/mol. The fourth-order valence-electron chi connectivity index (χ4n) is 5.61. The van der Waals surface area contributed by atoms with E-state index in [1.54, 1.807) is 18.2 Å². The Morgan fingerprint density at radius 3 is 1.43 bits per heavy atom. The van der Waals surface area contributed by atoms with Crippen molar-refractivity contribution in [3.05, 3.63) is 144 Å². The van der Waals surface area contributed by atoms with Gasteiger partial charge in [-0.1, -0.05) is 24.3 Å². The normalized spacial score (nSPS) is 12.4. The van der Waals surface area contributed by atoms with E-state index in [0.717, 1.165) is 43.5 Å². The number of alkyl halides is 3.